The number of hydrogen-bond donors (Lipinski definition) is 0. The van der Waals surface area contributed by atoms with Gasteiger partial charge in [0.25, 0.3) is 0 Å². The predicted molar refractivity (Wildman–Crippen MR) is 48.4 cm³/mol. The Bertz CT molecular complexity index is 204. The van der Waals surface area contributed by atoms with Gasteiger partial charge in [-0.25, -0.2) is 0 Å². The van der Waals surface area contributed by atoms with Gasteiger partial charge in [-0.3, -0.25) is 4.79 Å². The van der Waals surface area contributed by atoms with E-state index >= 15 is 0 Å². The highest BCUT2D eigenvalue weighted by atomic mass is 16.2. The number of rotatable bonds is 3. The molecule has 0 spiro atoms. The summed E-state index contributed by atoms with van der Waals surface area (Å²) in [5.74, 6) is 3.39. The van der Waals surface area contributed by atoms with Crippen LogP contribution in [-0.4, -0.2) is 23.9 Å². The third kappa shape index (κ3) is 2.01. The zero-order chi connectivity index (χ0) is 8.97. The van der Waals surface area contributed by atoms with Crippen molar-refractivity contribution in [3.63, 3.8) is 0 Å². The SMILES string of the molecule is C#CCCN1CC(CC)CC1=O. The molecule has 1 rings (SSSR count). The molecular weight excluding hydrogens is 150 g/mol. The zero-order valence-electron chi connectivity index (χ0n) is 7.55. The van der Waals surface area contributed by atoms with Crippen molar-refractivity contribution < 1.29 is 4.79 Å². The number of likely N-dealkylation sites (tertiary alicyclic amines) is 1. The molecule has 1 atom stereocenters. The summed E-state index contributed by atoms with van der Waals surface area (Å²) in [4.78, 5) is 13.2. The summed E-state index contributed by atoms with van der Waals surface area (Å²) in [6.45, 7) is 3.78. The topological polar surface area (TPSA) is 20.3 Å². The van der Waals surface area contributed by atoms with Crippen LogP contribution < -0.4 is 0 Å². The highest BCUT2D eigenvalue weighted by Gasteiger charge is 2.27. The van der Waals surface area contributed by atoms with Crippen LogP contribution in [0.3, 0.4) is 0 Å². The molecule has 1 unspecified atom stereocenters. The number of nitrogens with zero attached hydrogens (tertiary/aromatic N) is 1. The Hall–Kier alpha value is -0.970. The predicted octanol–water partition coefficient (Wildman–Crippen LogP) is 1.27. The van der Waals surface area contributed by atoms with E-state index in [-0.39, 0.29) is 5.91 Å². The van der Waals surface area contributed by atoms with Crippen molar-refractivity contribution in [3.8, 4) is 12.3 Å². The average molecular weight is 165 g/mol. The molecule has 0 aromatic rings. The van der Waals surface area contributed by atoms with E-state index in [0.29, 0.717) is 12.3 Å². The maximum Gasteiger partial charge on any atom is 0.222 e. The molecule has 0 radical (unpaired) electrons. The Morgan fingerprint density at radius 2 is 2.50 bits per heavy atom. The van der Waals surface area contributed by atoms with Crippen LogP contribution in [0.1, 0.15) is 26.2 Å². The van der Waals surface area contributed by atoms with Crippen LogP contribution in [0.25, 0.3) is 0 Å². The summed E-state index contributed by atoms with van der Waals surface area (Å²) in [7, 11) is 0. The Balaban J connectivity index is 2.37. The zero-order valence-corrected chi connectivity index (χ0v) is 7.55. The van der Waals surface area contributed by atoms with Gasteiger partial charge in [-0.1, -0.05) is 13.3 Å². The van der Waals surface area contributed by atoms with E-state index in [1.807, 2.05) is 4.90 Å². The molecule has 0 aliphatic carbocycles. The largest absolute Gasteiger partial charge is 0.341 e. The van der Waals surface area contributed by atoms with E-state index in [4.69, 9.17) is 6.42 Å². The minimum Gasteiger partial charge on any atom is -0.341 e. The van der Waals surface area contributed by atoms with Gasteiger partial charge in [0.15, 0.2) is 0 Å². The van der Waals surface area contributed by atoms with E-state index in [1.54, 1.807) is 0 Å². The molecule has 1 fully saturated rings. The molecule has 0 aromatic heterocycles. The first-order valence-electron chi connectivity index (χ1n) is 4.49. The van der Waals surface area contributed by atoms with Gasteiger partial charge in [-0.2, -0.15) is 0 Å². The molecule has 0 bridgehead atoms. The van der Waals surface area contributed by atoms with Crippen molar-refractivity contribution in [1.82, 2.24) is 4.90 Å². The smallest absolute Gasteiger partial charge is 0.222 e. The summed E-state index contributed by atoms with van der Waals surface area (Å²) in [6, 6.07) is 0. The molecule has 2 heteroatoms. The van der Waals surface area contributed by atoms with Crippen LogP contribution in [0, 0.1) is 18.3 Å². The molecule has 1 saturated heterocycles. The van der Waals surface area contributed by atoms with Crippen LogP contribution in [0.4, 0.5) is 0 Å². The van der Waals surface area contributed by atoms with Gasteiger partial charge in [-0.05, 0) is 5.92 Å². The molecule has 1 aliphatic heterocycles. The molecule has 1 heterocycles. The fraction of sp³-hybridized carbons (Fsp3) is 0.700. The van der Waals surface area contributed by atoms with E-state index in [2.05, 4.69) is 12.8 Å². The number of hydrogen-bond acceptors (Lipinski definition) is 1. The summed E-state index contributed by atoms with van der Waals surface area (Å²) in [5, 5.41) is 0. The third-order valence-corrected chi connectivity index (χ3v) is 2.40. The maximum absolute atomic E-state index is 11.3. The standard InChI is InChI=1S/C10H15NO/c1-3-5-6-11-8-9(4-2)7-10(11)12/h1,9H,4-8H2,2H3. The van der Waals surface area contributed by atoms with Crippen molar-refractivity contribution in [2.75, 3.05) is 13.1 Å². The van der Waals surface area contributed by atoms with Crippen molar-refractivity contribution >= 4 is 5.91 Å². The van der Waals surface area contributed by atoms with E-state index in [0.717, 1.165) is 25.9 Å². The summed E-state index contributed by atoms with van der Waals surface area (Å²) in [6.07, 6.45) is 7.63. The van der Waals surface area contributed by atoms with Gasteiger partial charge < -0.3 is 4.90 Å². The Morgan fingerprint density at radius 3 is 3.00 bits per heavy atom. The maximum atomic E-state index is 11.3. The second-order valence-corrected chi connectivity index (χ2v) is 3.27. The highest BCUT2D eigenvalue weighted by molar-refractivity contribution is 5.78. The van der Waals surface area contributed by atoms with Crippen molar-refractivity contribution in [3.05, 3.63) is 0 Å². The van der Waals surface area contributed by atoms with Gasteiger partial charge in [0.1, 0.15) is 0 Å². The Labute approximate surface area is 73.9 Å². The molecule has 0 saturated carbocycles. The molecule has 1 amide bonds. The fourth-order valence-corrected chi connectivity index (χ4v) is 1.54. The first-order chi connectivity index (χ1) is 5.77. The van der Waals surface area contributed by atoms with Crippen molar-refractivity contribution in [1.29, 1.82) is 0 Å². The van der Waals surface area contributed by atoms with Crippen LogP contribution in [0.2, 0.25) is 0 Å². The number of amides is 1. The Kier molecular flexibility index (Phi) is 3.16. The first-order valence-corrected chi connectivity index (χ1v) is 4.49. The van der Waals surface area contributed by atoms with E-state index < -0.39 is 0 Å². The molecule has 2 nitrogen and oxygen atoms in total. The van der Waals surface area contributed by atoms with Crippen LogP contribution >= 0.6 is 0 Å². The molecule has 12 heavy (non-hydrogen) atoms. The quantitative estimate of drug-likeness (QED) is 0.577. The second kappa shape index (κ2) is 4.15. The fourth-order valence-electron chi connectivity index (χ4n) is 1.54. The lowest BCUT2D eigenvalue weighted by Crippen LogP contribution is -2.25. The molecule has 0 aromatic carbocycles. The minimum atomic E-state index is 0.275. The summed E-state index contributed by atoms with van der Waals surface area (Å²) in [5.41, 5.74) is 0. The van der Waals surface area contributed by atoms with E-state index in [1.165, 1.54) is 0 Å². The molecule has 0 N–H and O–H groups in total. The molecular formula is C10H15NO. The van der Waals surface area contributed by atoms with Gasteiger partial charge in [-0.15, -0.1) is 12.3 Å². The van der Waals surface area contributed by atoms with Crippen molar-refractivity contribution in [2.45, 2.75) is 26.2 Å². The summed E-state index contributed by atoms with van der Waals surface area (Å²) >= 11 is 0. The lowest BCUT2D eigenvalue weighted by atomic mass is 10.1. The monoisotopic (exact) mass is 165 g/mol. The molecule has 1 aliphatic rings. The van der Waals surface area contributed by atoms with Gasteiger partial charge in [0, 0.05) is 25.9 Å². The average Bonchev–Trinajstić information content (AvgIpc) is 2.43. The number of carbonyl (C=O) groups is 1. The van der Waals surface area contributed by atoms with E-state index in [9.17, 15) is 4.79 Å². The highest BCUT2D eigenvalue weighted by Crippen LogP contribution is 2.20. The normalized spacial score (nSPS) is 22.8. The number of carbonyl (C=O) groups excluding carboxylic acids is 1. The van der Waals surface area contributed by atoms with Crippen molar-refractivity contribution in [2.24, 2.45) is 5.92 Å². The lowest BCUT2D eigenvalue weighted by Gasteiger charge is -2.13. The third-order valence-electron chi connectivity index (χ3n) is 2.40. The van der Waals surface area contributed by atoms with Crippen LogP contribution in [-0.2, 0) is 4.79 Å². The minimum absolute atomic E-state index is 0.275. The molecule has 66 valence electrons. The Morgan fingerprint density at radius 1 is 1.75 bits per heavy atom. The van der Waals surface area contributed by atoms with Gasteiger partial charge in [0.2, 0.25) is 5.91 Å². The second-order valence-electron chi connectivity index (χ2n) is 3.27. The van der Waals surface area contributed by atoms with Gasteiger partial charge in [0.05, 0.1) is 0 Å². The van der Waals surface area contributed by atoms with Crippen LogP contribution in [0.15, 0.2) is 0 Å². The van der Waals surface area contributed by atoms with Gasteiger partial charge >= 0.3 is 0 Å². The van der Waals surface area contributed by atoms with Crippen LogP contribution in [0.5, 0.6) is 0 Å². The lowest BCUT2D eigenvalue weighted by molar-refractivity contribution is -0.127. The summed E-state index contributed by atoms with van der Waals surface area (Å²) < 4.78 is 0. The first kappa shape index (κ1) is 9.12. The number of terminal acetylenes is 1.